The molecule has 1 aromatic heterocycles. The molecule has 2 aromatic carbocycles. The first-order chi connectivity index (χ1) is 14.9. The van der Waals surface area contributed by atoms with Gasteiger partial charge in [-0.05, 0) is 43.5 Å². The summed E-state index contributed by atoms with van der Waals surface area (Å²) >= 11 is 0. The van der Waals surface area contributed by atoms with Gasteiger partial charge in [-0.25, -0.2) is 0 Å². The van der Waals surface area contributed by atoms with Crippen molar-refractivity contribution in [3.63, 3.8) is 0 Å². The maximum Gasteiger partial charge on any atom is 0.309 e. The Morgan fingerprint density at radius 3 is 2.74 bits per heavy atom. The van der Waals surface area contributed by atoms with Gasteiger partial charge in [0.15, 0.2) is 5.79 Å². The standard InChI is InChI=1S/C26H29NO4/c1-19-12-13-21(10-7-11-24(28)29-17-22-18-30-26(2,3)31-22)23-14-15-27(25(19)23)16-20-8-5-4-6-9-20/h4-10,12-15,22H,11,16-18H2,1-3H3/b10-7+/t22-/m1/s1. The summed E-state index contributed by atoms with van der Waals surface area (Å²) in [6.45, 7) is 7.32. The van der Waals surface area contributed by atoms with E-state index in [1.807, 2.05) is 32.1 Å². The Labute approximate surface area is 183 Å². The van der Waals surface area contributed by atoms with E-state index in [1.54, 1.807) is 0 Å². The van der Waals surface area contributed by atoms with Gasteiger partial charge >= 0.3 is 5.97 Å². The number of ether oxygens (including phenoxy) is 3. The number of hydrogen-bond donors (Lipinski definition) is 0. The Kier molecular flexibility index (Phi) is 6.25. The van der Waals surface area contributed by atoms with E-state index in [1.165, 1.54) is 22.0 Å². The number of nitrogens with zero attached hydrogens (tertiary/aromatic N) is 1. The highest BCUT2D eigenvalue weighted by Crippen LogP contribution is 2.26. The van der Waals surface area contributed by atoms with Crippen molar-refractivity contribution < 1.29 is 19.0 Å². The molecule has 31 heavy (non-hydrogen) atoms. The van der Waals surface area contributed by atoms with Gasteiger partial charge in [0.25, 0.3) is 0 Å². The summed E-state index contributed by atoms with van der Waals surface area (Å²) in [6.07, 6.45) is 5.99. The first-order valence-electron chi connectivity index (χ1n) is 10.7. The summed E-state index contributed by atoms with van der Waals surface area (Å²) in [6, 6.07) is 16.8. The fraction of sp³-hybridized carbons (Fsp3) is 0.346. The Bertz CT molecular complexity index is 1080. The van der Waals surface area contributed by atoms with Crippen molar-refractivity contribution in [1.29, 1.82) is 0 Å². The smallest absolute Gasteiger partial charge is 0.309 e. The van der Waals surface area contributed by atoms with Gasteiger partial charge in [-0.15, -0.1) is 0 Å². The first-order valence-corrected chi connectivity index (χ1v) is 10.7. The quantitative estimate of drug-likeness (QED) is 0.500. The van der Waals surface area contributed by atoms with E-state index >= 15 is 0 Å². The van der Waals surface area contributed by atoms with Crippen LogP contribution >= 0.6 is 0 Å². The molecule has 0 saturated carbocycles. The lowest BCUT2D eigenvalue weighted by molar-refractivity contribution is -0.157. The molecule has 1 saturated heterocycles. The fourth-order valence-corrected chi connectivity index (χ4v) is 3.96. The molecule has 5 nitrogen and oxygen atoms in total. The normalized spacial score (nSPS) is 18.1. The number of hydrogen-bond acceptors (Lipinski definition) is 4. The lowest BCUT2D eigenvalue weighted by Crippen LogP contribution is -2.25. The van der Waals surface area contributed by atoms with Crippen molar-refractivity contribution in [2.45, 2.75) is 45.6 Å². The van der Waals surface area contributed by atoms with Crippen molar-refractivity contribution >= 4 is 22.9 Å². The Hall–Kier alpha value is -2.89. The molecule has 1 aliphatic rings. The van der Waals surface area contributed by atoms with E-state index in [0.717, 1.165) is 12.1 Å². The zero-order valence-electron chi connectivity index (χ0n) is 18.3. The molecule has 162 valence electrons. The van der Waals surface area contributed by atoms with Crippen molar-refractivity contribution in [2.75, 3.05) is 13.2 Å². The fourth-order valence-electron chi connectivity index (χ4n) is 3.96. The van der Waals surface area contributed by atoms with E-state index in [0.29, 0.717) is 6.61 Å². The summed E-state index contributed by atoms with van der Waals surface area (Å²) in [7, 11) is 0. The molecule has 0 aliphatic carbocycles. The number of benzene rings is 2. The SMILES string of the molecule is Cc1ccc(/C=C/CC(=O)OC[C@@H]2COC(C)(C)O2)c2ccn(Cc3ccccc3)c12. The van der Waals surface area contributed by atoms with Gasteiger partial charge in [-0.3, -0.25) is 4.79 Å². The number of esters is 1. The Balaban J connectivity index is 1.40. The predicted octanol–water partition coefficient (Wildman–Crippen LogP) is 5.10. The summed E-state index contributed by atoms with van der Waals surface area (Å²) in [5.41, 5.74) is 4.81. The van der Waals surface area contributed by atoms with Crippen LogP contribution in [0, 0.1) is 6.92 Å². The van der Waals surface area contributed by atoms with Crippen molar-refractivity contribution in [3.8, 4) is 0 Å². The highest BCUT2D eigenvalue weighted by atomic mass is 16.7. The second kappa shape index (κ2) is 9.08. The molecule has 3 aromatic rings. The van der Waals surface area contributed by atoms with E-state index in [-0.39, 0.29) is 25.1 Å². The van der Waals surface area contributed by atoms with Gasteiger partial charge < -0.3 is 18.8 Å². The second-order valence-corrected chi connectivity index (χ2v) is 8.40. The summed E-state index contributed by atoms with van der Waals surface area (Å²) in [5.74, 6) is -0.875. The molecule has 5 heteroatoms. The third kappa shape index (κ3) is 5.24. The van der Waals surface area contributed by atoms with Crippen molar-refractivity contribution in [2.24, 2.45) is 0 Å². The number of fused-ring (bicyclic) bond motifs is 1. The zero-order chi connectivity index (χ0) is 21.8. The molecule has 0 amide bonds. The van der Waals surface area contributed by atoms with E-state index < -0.39 is 5.79 Å². The molecule has 4 rings (SSSR count). The molecule has 0 bridgehead atoms. The average Bonchev–Trinajstić information content (AvgIpc) is 3.32. The molecule has 2 heterocycles. The number of carbonyl (C=O) groups excluding carboxylic acids is 1. The highest BCUT2D eigenvalue weighted by Gasteiger charge is 2.33. The minimum Gasteiger partial charge on any atom is -0.463 e. The summed E-state index contributed by atoms with van der Waals surface area (Å²) in [4.78, 5) is 12.1. The van der Waals surface area contributed by atoms with Crippen LogP contribution in [0.25, 0.3) is 17.0 Å². The van der Waals surface area contributed by atoms with Gasteiger partial charge in [0.1, 0.15) is 12.7 Å². The lowest BCUT2D eigenvalue weighted by atomic mass is 10.1. The average molecular weight is 420 g/mol. The number of aromatic nitrogens is 1. The third-order valence-corrected chi connectivity index (χ3v) is 5.44. The van der Waals surface area contributed by atoms with Gasteiger partial charge in [0.05, 0.1) is 18.5 Å². The summed E-state index contributed by atoms with van der Waals surface area (Å²) < 4.78 is 18.8. The topological polar surface area (TPSA) is 49.7 Å². The highest BCUT2D eigenvalue weighted by molar-refractivity contribution is 5.91. The Morgan fingerprint density at radius 1 is 1.19 bits per heavy atom. The molecular formula is C26H29NO4. The zero-order valence-corrected chi connectivity index (χ0v) is 18.3. The molecule has 1 atom stereocenters. The van der Waals surface area contributed by atoms with Crippen LogP contribution in [0.2, 0.25) is 0 Å². The maximum absolute atomic E-state index is 12.1. The van der Waals surface area contributed by atoms with Crippen LogP contribution in [0.4, 0.5) is 0 Å². The predicted molar refractivity (Wildman–Crippen MR) is 122 cm³/mol. The second-order valence-electron chi connectivity index (χ2n) is 8.40. The largest absolute Gasteiger partial charge is 0.463 e. The molecule has 0 N–H and O–H groups in total. The lowest BCUT2D eigenvalue weighted by Gasteiger charge is -2.16. The van der Waals surface area contributed by atoms with Crippen LogP contribution < -0.4 is 0 Å². The van der Waals surface area contributed by atoms with E-state index in [4.69, 9.17) is 14.2 Å². The minimum absolute atomic E-state index is 0.205. The monoisotopic (exact) mass is 419 g/mol. The van der Waals surface area contributed by atoms with Crippen molar-refractivity contribution in [1.82, 2.24) is 4.57 Å². The number of aryl methyl sites for hydroxylation is 1. The van der Waals surface area contributed by atoms with Crippen molar-refractivity contribution in [3.05, 3.63) is 77.5 Å². The molecule has 0 unspecified atom stereocenters. The summed E-state index contributed by atoms with van der Waals surface area (Å²) in [5, 5.41) is 1.18. The van der Waals surface area contributed by atoms with E-state index in [2.05, 4.69) is 60.2 Å². The molecule has 1 aliphatic heterocycles. The van der Waals surface area contributed by atoms with Crippen LogP contribution in [-0.4, -0.2) is 35.6 Å². The van der Waals surface area contributed by atoms with Crippen LogP contribution in [0.3, 0.4) is 0 Å². The van der Waals surface area contributed by atoms with Crippen LogP contribution in [0.1, 0.15) is 37.0 Å². The van der Waals surface area contributed by atoms with Gasteiger partial charge in [-0.1, -0.05) is 54.6 Å². The van der Waals surface area contributed by atoms with Gasteiger partial charge in [0.2, 0.25) is 0 Å². The molecule has 0 radical (unpaired) electrons. The van der Waals surface area contributed by atoms with E-state index in [9.17, 15) is 4.79 Å². The third-order valence-electron chi connectivity index (χ3n) is 5.44. The Morgan fingerprint density at radius 2 is 2.00 bits per heavy atom. The number of carbonyl (C=O) groups is 1. The van der Waals surface area contributed by atoms with Gasteiger partial charge in [0, 0.05) is 18.1 Å². The van der Waals surface area contributed by atoms with Gasteiger partial charge in [-0.2, -0.15) is 0 Å². The molecular weight excluding hydrogens is 390 g/mol. The minimum atomic E-state index is -0.606. The van der Waals surface area contributed by atoms with Crippen LogP contribution in [0.15, 0.2) is 60.8 Å². The number of rotatable bonds is 7. The maximum atomic E-state index is 12.1. The van der Waals surface area contributed by atoms with Crippen LogP contribution in [0.5, 0.6) is 0 Å². The first kappa shape index (κ1) is 21.3. The van der Waals surface area contributed by atoms with Crippen LogP contribution in [-0.2, 0) is 25.5 Å². The molecule has 0 spiro atoms. The molecule has 1 fully saturated rings.